The summed E-state index contributed by atoms with van der Waals surface area (Å²) in [4.78, 5) is 4.55. The summed E-state index contributed by atoms with van der Waals surface area (Å²) >= 11 is 14.3. The molecule has 0 fully saturated rings. The van der Waals surface area contributed by atoms with Crippen molar-refractivity contribution in [2.24, 2.45) is 10.8 Å². The highest BCUT2D eigenvalue weighted by Gasteiger charge is 2.47. The van der Waals surface area contributed by atoms with Crippen molar-refractivity contribution in [3.63, 3.8) is 0 Å². The monoisotopic (exact) mass is 1320 g/mol. The molecule has 12 rings (SSSR count). The standard InChI is InChI=1S/C40H40ClN2.C36H47ClN2O6S2.ClH/c1-39(2)34(42(5)32-22-18-26-12-7-9-16-30(26)36(32)39)24-20-28-14-11-15-29(38(28)41)21-25-35-40(3,4)37-31-17-10-8-13-27(31)19-23-33(37)43(35)6;1-35(2)28-14-5-7-16-30(28)38(22-10-24-46(40,41)42)32(35)20-18-26-12-9-13-27(34(26)37)19-21-33-36(3,4)29-15-6-8-17-31(29)39(33)23-11-25-47(43,44)45;/h7-10,12-13,16-25H,11,14-15H2,1-6H3;7-8,16-21H,5-6,9-15,22-25H2,1-4H3,(H-,40,41,42,43,44,45);1H/q+1;;/p-1. The molecule has 0 amide bonds. The van der Waals surface area contributed by atoms with Gasteiger partial charge in [-0.15, -0.1) is 0 Å². The van der Waals surface area contributed by atoms with E-state index in [1.54, 1.807) is 0 Å². The van der Waals surface area contributed by atoms with Crippen LogP contribution in [0, 0.1) is 10.8 Å². The Morgan fingerprint density at radius 3 is 1.78 bits per heavy atom. The second-order valence-corrected chi connectivity index (χ2v) is 31.3. The van der Waals surface area contributed by atoms with Crippen LogP contribution in [-0.4, -0.2) is 90.1 Å². The fraction of sp³-hybridized carbons (Fsp3) is 0.395. The van der Waals surface area contributed by atoms with Crippen molar-refractivity contribution in [1.82, 2.24) is 4.90 Å². The van der Waals surface area contributed by atoms with Crippen molar-refractivity contribution in [2.75, 3.05) is 43.6 Å². The van der Waals surface area contributed by atoms with Gasteiger partial charge in [0.25, 0.3) is 10.1 Å². The first-order valence-electron chi connectivity index (χ1n) is 32.1. The van der Waals surface area contributed by atoms with Crippen LogP contribution in [0.1, 0.15) is 144 Å². The molecular formula is C76H87Cl3N4O6S2. The molecule has 0 spiro atoms. The highest BCUT2D eigenvalue weighted by Crippen LogP contribution is 2.53. The minimum Gasteiger partial charge on any atom is -1.00 e. The number of allylic oxidation sites excluding steroid dienone is 21. The maximum absolute atomic E-state index is 11.5. The lowest BCUT2D eigenvalue weighted by molar-refractivity contribution is -0.469. The molecule has 1 N–H and O–H groups in total. The molecule has 0 saturated carbocycles. The van der Waals surface area contributed by atoms with Gasteiger partial charge in [-0.05, 0) is 184 Å². The van der Waals surface area contributed by atoms with Crippen LogP contribution >= 0.6 is 23.2 Å². The van der Waals surface area contributed by atoms with Gasteiger partial charge in [-0.2, -0.15) is 17.6 Å². The van der Waals surface area contributed by atoms with Gasteiger partial charge in [0.05, 0.1) is 26.7 Å². The molecule has 91 heavy (non-hydrogen) atoms. The number of hydrogen-bond acceptors (Lipinski definition) is 7. The number of anilines is 1. The summed E-state index contributed by atoms with van der Waals surface area (Å²) < 4.78 is 70.8. The normalized spacial score (nSPS) is 22.7. The van der Waals surface area contributed by atoms with Gasteiger partial charge >= 0.3 is 0 Å². The van der Waals surface area contributed by atoms with E-state index in [0.29, 0.717) is 19.5 Å². The van der Waals surface area contributed by atoms with Gasteiger partial charge < -0.3 is 26.8 Å². The van der Waals surface area contributed by atoms with E-state index >= 15 is 0 Å². The van der Waals surface area contributed by atoms with Crippen molar-refractivity contribution in [2.45, 2.75) is 143 Å². The SMILES string of the molecule is CC1(C)C2=C(C=CCC2)[N+](CCCS(=O)(=O)[O-])=C1/C=C/C1=C(Cl)C(=C/C=C2\N(CCCS(=O)(=O)O)C3=C(CCC=C3)C2(C)C)/CCC1.CN1C(=CC=C2CCCC(C=CC3=[N+](C)c4ccc5ccccc5c4C3(C)C)=C2Cl)C(C)(C)c2c1ccc1ccccc21.[Cl-]. The highest BCUT2D eigenvalue weighted by atomic mass is 35.5. The summed E-state index contributed by atoms with van der Waals surface area (Å²) in [5.74, 6) is -0.674. The van der Waals surface area contributed by atoms with Crippen LogP contribution in [-0.2, 0) is 31.1 Å². The summed E-state index contributed by atoms with van der Waals surface area (Å²) in [5, 5.41) is 6.90. The third-order valence-corrected chi connectivity index (χ3v) is 22.8. The Labute approximate surface area is 557 Å². The van der Waals surface area contributed by atoms with E-state index in [1.165, 1.54) is 77.7 Å². The van der Waals surface area contributed by atoms with E-state index in [4.69, 9.17) is 23.2 Å². The average Bonchev–Trinajstić information content (AvgIpc) is 1.62. The number of benzene rings is 4. The fourth-order valence-corrected chi connectivity index (χ4v) is 17.3. The van der Waals surface area contributed by atoms with E-state index in [2.05, 4.69) is 234 Å². The number of nitrogens with zero attached hydrogens (tertiary/aromatic N) is 4. The molecule has 4 aliphatic carbocycles. The first kappa shape index (κ1) is 67.8. The molecule has 15 heteroatoms. The van der Waals surface area contributed by atoms with Gasteiger partial charge in [0.1, 0.15) is 13.6 Å². The van der Waals surface area contributed by atoms with E-state index in [-0.39, 0.29) is 46.2 Å². The molecule has 10 nitrogen and oxygen atoms in total. The number of rotatable bonds is 14. The Morgan fingerprint density at radius 2 is 1.16 bits per heavy atom. The summed E-state index contributed by atoms with van der Waals surface area (Å²) in [6, 6.07) is 26.5. The van der Waals surface area contributed by atoms with E-state index in [9.17, 15) is 25.9 Å². The van der Waals surface area contributed by atoms with Crippen LogP contribution in [0.25, 0.3) is 21.5 Å². The van der Waals surface area contributed by atoms with E-state index in [0.717, 1.165) is 108 Å². The lowest BCUT2D eigenvalue weighted by atomic mass is 9.77. The first-order valence-corrected chi connectivity index (χ1v) is 36.0. The van der Waals surface area contributed by atoms with Crippen LogP contribution in [0.3, 0.4) is 0 Å². The molecule has 480 valence electrons. The van der Waals surface area contributed by atoms with Gasteiger partial charge in [0.2, 0.25) is 11.4 Å². The Balaban J connectivity index is 0.000000198. The summed E-state index contributed by atoms with van der Waals surface area (Å²) in [6.07, 6.45) is 36.3. The third kappa shape index (κ3) is 13.3. The lowest BCUT2D eigenvalue weighted by Gasteiger charge is -2.29. The van der Waals surface area contributed by atoms with Gasteiger partial charge in [-0.25, -0.2) is 8.42 Å². The van der Waals surface area contributed by atoms with Crippen LogP contribution in [0.2, 0.25) is 0 Å². The first-order chi connectivity index (χ1) is 42.6. The van der Waals surface area contributed by atoms with Gasteiger partial charge in [-0.1, -0.05) is 142 Å². The van der Waals surface area contributed by atoms with Gasteiger partial charge in [-0.3, -0.25) is 4.55 Å². The topological polar surface area (TPSA) is 124 Å². The molecule has 0 saturated heterocycles. The molecule has 4 aromatic rings. The molecular weight excluding hydrogens is 1240 g/mol. The molecule has 0 atom stereocenters. The highest BCUT2D eigenvalue weighted by molar-refractivity contribution is 7.85. The zero-order valence-electron chi connectivity index (χ0n) is 54.4. The predicted octanol–water partition coefficient (Wildman–Crippen LogP) is 14.8. The number of likely N-dealkylation sites (N-methyl/N-ethyl adjacent to an activating group) is 1. The van der Waals surface area contributed by atoms with E-state index in [1.807, 2.05) is 0 Å². The van der Waals surface area contributed by atoms with Crippen molar-refractivity contribution in [3.8, 4) is 0 Å². The Morgan fingerprint density at radius 1 is 0.604 bits per heavy atom. The molecule has 0 unspecified atom stereocenters. The summed E-state index contributed by atoms with van der Waals surface area (Å²) in [6.45, 7) is 19.1. The largest absolute Gasteiger partial charge is 1.00 e. The zero-order chi connectivity index (χ0) is 64.3. The van der Waals surface area contributed by atoms with Crippen molar-refractivity contribution < 1.29 is 47.5 Å². The van der Waals surface area contributed by atoms with Crippen molar-refractivity contribution >= 4 is 87.8 Å². The predicted molar refractivity (Wildman–Crippen MR) is 373 cm³/mol. The minimum atomic E-state index is -4.29. The summed E-state index contributed by atoms with van der Waals surface area (Å²) in [7, 11) is -3.95. The Kier molecular flexibility index (Phi) is 19.6. The smallest absolute Gasteiger partial charge is 0.264 e. The molecule has 0 bridgehead atoms. The average molecular weight is 1320 g/mol. The van der Waals surface area contributed by atoms with Crippen molar-refractivity contribution in [3.05, 3.63) is 223 Å². The summed E-state index contributed by atoms with van der Waals surface area (Å²) in [5.41, 5.74) is 18.9. The van der Waals surface area contributed by atoms with Crippen LogP contribution in [0.4, 0.5) is 11.4 Å². The molecule has 4 aliphatic heterocycles. The number of fused-ring (bicyclic) bond motifs is 6. The Hall–Kier alpha value is -6.09. The second kappa shape index (κ2) is 26.4. The third-order valence-electron chi connectivity index (χ3n) is 20.3. The van der Waals surface area contributed by atoms with Crippen molar-refractivity contribution in [1.29, 1.82) is 0 Å². The maximum atomic E-state index is 11.5. The quantitative estimate of drug-likeness (QED) is 0.0978. The number of hydrogen-bond donors (Lipinski definition) is 1. The van der Waals surface area contributed by atoms with Crippen LogP contribution in [0.5, 0.6) is 0 Å². The second-order valence-electron chi connectivity index (χ2n) is 27.5. The van der Waals surface area contributed by atoms with Gasteiger partial charge in [0.15, 0.2) is 11.4 Å². The minimum absolute atomic E-state index is 0. The fourth-order valence-electron chi connectivity index (χ4n) is 15.7. The van der Waals surface area contributed by atoms with Crippen LogP contribution in [0.15, 0.2) is 212 Å². The lowest BCUT2D eigenvalue weighted by Crippen LogP contribution is -3.00. The molecule has 4 aromatic carbocycles. The molecule has 4 heterocycles. The molecule has 8 aliphatic rings. The Bertz CT molecular complexity index is 4360. The van der Waals surface area contributed by atoms with Crippen LogP contribution < -0.4 is 17.3 Å². The van der Waals surface area contributed by atoms with E-state index < -0.39 is 26.0 Å². The number of halogens is 3. The molecule has 0 radical (unpaired) electrons. The zero-order valence-corrected chi connectivity index (χ0v) is 58.3. The maximum Gasteiger partial charge on any atom is 0.264 e. The molecule has 0 aromatic heterocycles. The van der Waals surface area contributed by atoms with Gasteiger partial charge in [0, 0.05) is 105 Å².